The molecule has 2 rings (SSSR count). The molecular formula is C15H24ClNO2. The van der Waals surface area contributed by atoms with Gasteiger partial charge in [0.05, 0.1) is 13.2 Å². The van der Waals surface area contributed by atoms with E-state index < -0.39 is 0 Å². The fraction of sp³-hybridized carbons (Fsp3) is 0.600. The molecule has 0 radical (unpaired) electrons. The number of ether oxygens (including phenoxy) is 1. The molecule has 0 amide bonds. The Labute approximate surface area is 121 Å². The summed E-state index contributed by atoms with van der Waals surface area (Å²) in [6, 6.07) is 8.07. The predicted octanol–water partition coefficient (Wildman–Crippen LogP) is 2.71. The summed E-state index contributed by atoms with van der Waals surface area (Å²) in [6.45, 7) is 0.591. The molecule has 0 aliphatic heterocycles. The third-order valence-electron chi connectivity index (χ3n) is 4.10. The van der Waals surface area contributed by atoms with E-state index in [1.165, 1.54) is 12.0 Å². The van der Waals surface area contributed by atoms with Crippen molar-refractivity contribution >= 4 is 12.4 Å². The van der Waals surface area contributed by atoms with Crippen LogP contribution in [0.4, 0.5) is 0 Å². The third-order valence-corrected chi connectivity index (χ3v) is 4.10. The van der Waals surface area contributed by atoms with Crippen LogP contribution in [-0.4, -0.2) is 24.9 Å². The van der Waals surface area contributed by atoms with Crippen LogP contribution in [0.2, 0.25) is 0 Å². The second kappa shape index (κ2) is 7.73. The van der Waals surface area contributed by atoms with E-state index in [2.05, 4.69) is 12.1 Å². The molecule has 1 aromatic rings. The first-order valence-corrected chi connectivity index (χ1v) is 6.78. The molecule has 1 unspecified atom stereocenters. The van der Waals surface area contributed by atoms with E-state index in [0.717, 1.165) is 25.0 Å². The van der Waals surface area contributed by atoms with Crippen molar-refractivity contribution in [3.05, 3.63) is 29.8 Å². The highest BCUT2D eigenvalue weighted by atomic mass is 35.5. The van der Waals surface area contributed by atoms with E-state index in [1.54, 1.807) is 7.11 Å². The van der Waals surface area contributed by atoms with Gasteiger partial charge in [0.2, 0.25) is 0 Å². The zero-order valence-corrected chi connectivity index (χ0v) is 12.2. The number of methoxy groups -OCH3 is 1. The summed E-state index contributed by atoms with van der Waals surface area (Å²) >= 11 is 0. The SMILES string of the molecule is COc1ccc(C(CN)[C@@H]2CCCC[C@@H]2O)cc1.Cl. The van der Waals surface area contributed by atoms with Crippen molar-refractivity contribution in [2.45, 2.75) is 37.7 Å². The highest BCUT2D eigenvalue weighted by Crippen LogP contribution is 2.36. The zero-order chi connectivity index (χ0) is 13.0. The van der Waals surface area contributed by atoms with Crippen LogP contribution in [0.3, 0.4) is 0 Å². The zero-order valence-electron chi connectivity index (χ0n) is 11.4. The first-order chi connectivity index (χ1) is 8.76. The Kier molecular flexibility index (Phi) is 6.63. The Balaban J connectivity index is 0.00000180. The largest absolute Gasteiger partial charge is 0.497 e. The molecule has 0 saturated heterocycles. The molecule has 3 nitrogen and oxygen atoms in total. The molecular weight excluding hydrogens is 262 g/mol. The van der Waals surface area contributed by atoms with Gasteiger partial charge in [-0.05, 0) is 43.0 Å². The van der Waals surface area contributed by atoms with Crippen LogP contribution in [0, 0.1) is 5.92 Å². The maximum Gasteiger partial charge on any atom is 0.118 e. The molecule has 1 aliphatic carbocycles. The third kappa shape index (κ3) is 3.85. The first-order valence-electron chi connectivity index (χ1n) is 6.78. The summed E-state index contributed by atoms with van der Waals surface area (Å²) in [5, 5.41) is 10.2. The van der Waals surface area contributed by atoms with Crippen molar-refractivity contribution in [3.63, 3.8) is 0 Å². The molecule has 4 heteroatoms. The number of nitrogens with two attached hydrogens (primary N) is 1. The Morgan fingerprint density at radius 1 is 1.26 bits per heavy atom. The molecule has 0 heterocycles. The maximum atomic E-state index is 10.2. The van der Waals surface area contributed by atoms with E-state index in [-0.39, 0.29) is 24.4 Å². The standard InChI is InChI=1S/C15H23NO2.ClH/c1-18-12-8-6-11(7-9-12)14(10-16)13-4-2-3-5-15(13)17;/h6-9,13-15,17H,2-5,10,16H2,1H3;1H/t13-,14?,15-;/m0./s1. The fourth-order valence-electron chi connectivity index (χ4n) is 3.02. The van der Waals surface area contributed by atoms with E-state index in [9.17, 15) is 5.11 Å². The summed E-state index contributed by atoms with van der Waals surface area (Å²) in [7, 11) is 1.67. The van der Waals surface area contributed by atoms with Gasteiger partial charge in [0.25, 0.3) is 0 Å². The van der Waals surface area contributed by atoms with Gasteiger partial charge in [0.1, 0.15) is 5.75 Å². The van der Waals surface area contributed by atoms with Gasteiger partial charge in [0.15, 0.2) is 0 Å². The molecule has 3 atom stereocenters. The van der Waals surface area contributed by atoms with Gasteiger partial charge in [-0.25, -0.2) is 0 Å². The molecule has 19 heavy (non-hydrogen) atoms. The number of halogens is 1. The van der Waals surface area contributed by atoms with Crippen molar-refractivity contribution < 1.29 is 9.84 Å². The topological polar surface area (TPSA) is 55.5 Å². The summed E-state index contributed by atoms with van der Waals surface area (Å²) in [4.78, 5) is 0. The summed E-state index contributed by atoms with van der Waals surface area (Å²) in [5.41, 5.74) is 7.14. The normalized spacial score (nSPS) is 24.4. The molecule has 0 aromatic heterocycles. The lowest BCUT2D eigenvalue weighted by Gasteiger charge is -2.34. The average Bonchev–Trinajstić information content (AvgIpc) is 2.42. The highest BCUT2D eigenvalue weighted by molar-refractivity contribution is 5.85. The van der Waals surface area contributed by atoms with Crippen LogP contribution >= 0.6 is 12.4 Å². The van der Waals surface area contributed by atoms with Gasteiger partial charge in [-0.2, -0.15) is 0 Å². The minimum Gasteiger partial charge on any atom is -0.497 e. The van der Waals surface area contributed by atoms with Gasteiger partial charge in [-0.15, -0.1) is 12.4 Å². The number of hydrogen-bond acceptors (Lipinski definition) is 3. The van der Waals surface area contributed by atoms with Crippen LogP contribution in [0.1, 0.15) is 37.2 Å². The Morgan fingerprint density at radius 2 is 1.89 bits per heavy atom. The lowest BCUT2D eigenvalue weighted by Crippen LogP contribution is -2.33. The Bertz CT molecular complexity index is 369. The molecule has 1 aliphatic rings. The molecule has 1 aromatic carbocycles. The summed E-state index contributed by atoms with van der Waals surface area (Å²) in [6.07, 6.45) is 4.13. The fourth-order valence-corrected chi connectivity index (χ4v) is 3.02. The molecule has 1 saturated carbocycles. The number of hydrogen-bond donors (Lipinski definition) is 2. The molecule has 1 fully saturated rings. The molecule has 108 valence electrons. The van der Waals surface area contributed by atoms with E-state index in [1.807, 2.05) is 12.1 Å². The first kappa shape index (κ1) is 16.3. The van der Waals surface area contributed by atoms with Crippen LogP contribution in [-0.2, 0) is 0 Å². The Morgan fingerprint density at radius 3 is 2.42 bits per heavy atom. The number of benzene rings is 1. The summed E-state index contributed by atoms with van der Waals surface area (Å²) < 4.78 is 5.17. The Hall–Kier alpha value is -0.770. The average molecular weight is 286 g/mol. The smallest absolute Gasteiger partial charge is 0.118 e. The van der Waals surface area contributed by atoms with Crippen LogP contribution < -0.4 is 10.5 Å². The van der Waals surface area contributed by atoms with Crippen LogP contribution in [0.15, 0.2) is 24.3 Å². The van der Waals surface area contributed by atoms with Crippen molar-refractivity contribution in [1.29, 1.82) is 0 Å². The van der Waals surface area contributed by atoms with Crippen molar-refractivity contribution in [3.8, 4) is 5.75 Å². The lowest BCUT2D eigenvalue weighted by atomic mass is 9.75. The summed E-state index contributed by atoms with van der Waals surface area (Å²) in [5.74, 6) is 1.42. The van der Waals surface area contributed by atoms with Gasteiger partial charge in [0, 0.05) is 5.92 Å². The number of aliphatic hydroxyl groups excluding tert-OH is 1. The van der Waals surface area contributed by atoms with Gasteiger partial charge >= 0.3 is 0 Å². The second-order valence-electron chi connectivity index (χ2n) is 5.13. The van der Waals surface area contributed by atoms with Crippen LogP contribution in [0.25, 0.3) is 0 Å². The highest BCUT2D eigenvalue weighted by Gasteiger charge is 2.30. The van der Waals surface area contributed by atoms with Crippen molar-refractivity contribution in [1.82, 2.24) is 0 Å². The molecule has 0 spiro atoms. The molecule has 0 bridgehead atoms. The number of rotatable bonds is 4. The predicted molar refractivity (Wildman–Crippen MR) is 80.0 cm³/mol. The minimum absolute atomic E-state index is 0. The molecule has 3 N–H and O–H groups in total. The van der Waals surface area contributed by atoms with Crippen molar-refractivity contribution in [2.75, 3.05) is 13.7 Å². The van der Waals surface area contributed by atoms with Crippen LogP contribution in [0.5, 0.6) is 5.75 Å². The minimum atomic E-state index is -0.200. The quantitative estimate of drug-likeness (QED) is 0.894. The monoisotopic (exact) mass is 285 g/mol. The maximum absolute atomic E-state index is 10.2. The van der Waals surface area contributed by atoms with Gasteiger partial charge in [-0.3, -0.25) is 0 Å². The van der Waals surface area contributed by atoms with Crippen molar-refractivity contribution in [2.24, 2.45) is 11.7 Å². The van der Waals surface area contributed by atoms with E-state index in [0.29, 0.717) is 12.5 Å². The van der Waals surface area contributed by atoms with E-state index in [4.69, 9.17) is 10.5 Å². The second-order valence-corrected chi connectivity index (χ2v) is 5.13. The lowest BCUT2D eigenvalue weighted by molar-refractivity contribution is 0.0561. The van der Waals surface area contributed by atoms with E-state index >= 15 is 0 Å². The van der Waals surface area contributed by atoms with Gasteiger partial charge in [-0.1, -0.05) is 25.0 Å². The number of aliphatic hydroxyl groups is 1. The van der Waals surface area contributed by atoms with Gasteiger partial charge < -0.3 is 15.6 Å².